The van der Waals surface area contributed by atoms with Gasteiger partial charge in [0.15, 0.2) is 0 Å². The van der Waals surface area contributed by atoms with Crippen LogP contribution >= 0.6 is 9.24 Å². The molecule has 4 nitrogen and oxygen atoms in total. The van der Waals surface area contributed by atoms with Crippen molar-refractivity contribution in [2.24, 2.45) is 17.2 Å². The first-order chi connectivity index (χ1) is 5.95. The van der Waals surface area contributed by atoms with Crippen molar-refractivity contribution in [3.05, 3.63) is 39.4 Å². The molecule has 1 rings (SSSR count). The summed E-state index contributed by atoms with van der Waals surface area (Å²) in [6.45, 7) is 1.79. The standard InChI is InChI=1S/C8H14N4P.U/c1-3(9)4-2-5(10)6(11)7(12)8(4)13;/h10H,2,9,11-13H2,1H3;/q-1;/b4-3-;. The van der Waals surface area contributed by atoms with Gasteiger partial charge in [0.1, 0.15) is 0 Å². The van der Waals surface area contributed by atoms with Crippen LogP contribution in [0, 0.1) is 31.1 Å². The molecule has 0 aromatic heterocycles. The van der Waals surface area contributed by atoms with E-state index in [9.17, 15) is 0 Å². The summed E-state index contributed by atoms with van der Waals surface area (Å²) < 4.78 is 0. The maximum absolute atomic E-state index is 7.56. The van der Waals surface area contributed by atoms with Gasteiger partial charge in [0.05, 0.1) is 5.70 Å². The summed E-state index contributed by atoms with van der Waals surface area (Å²) >= 11 is 0. The smallest absolute Gasteiger partial charge is 0.0608 e. The van der Waals surface area contributed by atoms with Crippen molar-refractivity contribution in [1.29, 1.82) is 0 Å². The van der Waals surface area contributed by atoms with Crippen LogP contribution < -0.4 is 17.2 Å². The number of nitrogens with two attached hydrogens (primary N) is 3. The van der Waals surface area contributed by atoms with E-state index in [1.807, 2.05) is 0 Å². The molecule has 0 spiro atoms. The first-order valence-corrected chi connectivity index (χ1v) is 4.44. The Morgan fingerprint density at radius 2 is 1.86 bits per heavy atom. The molecular formula is C8H14N4PU-. The van der Waals surface area contributed by atoms with Crippen molar-refractivity contribution in [3.8, 4) is 0 Å². The Morgan fingerprint density at radius 1 is 1.36 bits per heavy atom. The summed E-state index contributed by atoms with van der Waals surface area (Å²) in [7, 11) is 2.51. The third-order valence-corrected chi connectivity index (χ3v) is 2.72. The first kappa shape index (κ1) is 13.9. The summed E-state index contributed by atoms with van der Waals surface area (Å²) in [6.07, 6.45) is 0.466. The molecule has 0 heterocycles. The second-order valence-electron chi connectivity index (χ2n) is 3.06. The van der Waals surface area contributed by atoms with Crippen LogP contribution in [0.5, 0.6) is 0 Å². The van der Waals surface area contributed by atoms with Crippen molar-refractivity contribution in [2.45, 2.75) is 13.3 Å². The maximum atomic E-state index is 7.56. The van der Waals surface area contributed by atoms with Gasteiger partial charge >= 0.3 is 0 Å². The average Bonchev–Trinajstić information content (AvgIpc) is 2.07. The van der Waals surface area contributed by atoms with Gasteiger partial charge in [-0.1, -0.05) is 0 Å². The van der Waals surface area contributed by atoms with Crippen LogP contribution in [0.25, 0.3) is 5.73 Å². The van der Waals surface area contributed by atoms with E-state index in [0.717, 1.165) is 10.9 Å². The quantitative estimate of drug-likeness (QED) is 0.493. The van der Waals surface area contributed by atoms with E-state index in [1.54, 1.807) is 6.92 Å². The van der Waals surface area contributed by atoms with Crippen LogP contribution in [0.3, 0.4) is 0 Å². The molecule has 1 atom stereocenters. The van der Waals surface area contributed by atoms with E-state index in [1.165, 1.54) is 0 Å². The summed E-state index contributed by atoms with van der Waals surface area (Å²) in [5.74, 6) is 0. The van der Waals surface area contributed by atoms with Crippen molar-refractivity contribution >= 4 is 9.24 Å². The van der Waals surface area contributed by atoms with Crippen molar-refractivity contribution in [1.82, 2.24) is 0 Å². The minimum Gasteiger partial charge on any atom is -0.700 e. The molecule has 1 aliphatic carbocycles. The van der Waals surface area contributed by atoms with Crippen LogP contribution in [-0.2, 0) is 0 Å². The fraction of sp³-hybridized carbons (Fsp3) is 0.250. The van der Waals surface area contributed by atoms with Gasteiger partial charge in [0, 0.05) is 42.5 Å². The molecule has 0 saturated heterocycles. The monoisotopic (exact) mass is 435 g/mol. The molecule has 0 fully saturated rings. The Bertz CT molecular complexity index is 339. The molecule has 0 amide bonds. The van der Waals surface area contributed by atoms with Gasteiger partial charge < -0.3 is 22.9 Å². The second-order valence-corrected chi connectivity index (χ2v) is 3.64. The molecule has 0 aromatic carbocycles. The van der Waals surface area contributed by atoms with E-state index in [-0.39, 0.29) is 31.1 Å². The van der Waals surface area contributed by atoms with Crippen LogP contribution in [0.4, 0.5) is 0 Å². The van der Waals surface area contributed by atoms with Gasteiger partial charge in [0.2, 0.25) is 0 Å². The van der Waals surface area contributed by atoms with Gasteiger partial charge in [-0.05, 0) is 24.2 Å². The Balaban J connectivity index is 0.00000169. The molecule has 1 unspecified atom stereocenters. The summed E-state index contributed by atoms with van der Waals surface area (Å²) in [4.78, 5) is 0. The third-order valence-electron chi connectivity index (χ3n) is 2.06. The molecule has 7 N–H and O–H groups in total. The molecule has 0 saturated carbocycles. The number of rotatable bonds is 0. The molecule has 14 heavy (non-hydrogen) atoms. The fourth-order valence-electron chi connectivity index (χ4n) is 1.19. The number of allylic oxidation sites excluding steroid dienone is 3. The van der Waals surface area contributed by atoms with E-state index in [2.05, 4.69) is 9.24 Å². The molecule has 1 aliphatic rings. The second kappa shape index (κ2) is 5.12. The maximum Gasteiger partial charge on any atom is 0.0608 e. The minimum absolute atomic E-state index is 0. The van der Waals surface area contributed by atoms with E-state index < -0.39 is 0 Å². The summed E-state index contributed by atoms with van der Waals surface area (Å²) in [5.41, 5.74) is 27.2. The SMILES string of the molecule is C/C(N)=C1\CC([NH-])=C(N)C(N)=C1P.[U]. The Kier molecular flexibility index (Phi) is 5.08. The topological polar surface area (TPSA) is 102 Å². The van der Waals surface area contributed by atoms with Crippen LogP contribution in [0.1, 0.15) is 13.3 Å². The number of hydrogen-bond acceptors (Lipinski definition) is 3. The molecule has 0 radical (unpaired) electrons. The molecular weight excluding hydrogens is 421 g/mol. The van der Waals surface area contributed by atoms with Gasteiger partial charge in [-0.15, -0.1) is 14.9 Å². The van der Waals surface area contributed by atoms with E-state index in [4.69, 9.17) is 22.9 Å². The van der Waals surface area contributed by atoms with Crippen molar-refractivity contribution in [3.63, 3.8) is 0 Å². The molecule has 0 aromatic rings. The van der Waals surface area contributed by atoms with Crippen LogP contribution in [0.2, 0.25) is 0 Å². The Hall–Kier alpha value is -0.0981. The first-order valence-electron chi connectivity index (χ1n) is 3.86. The molecule has 6 heteroatoms. The van der Waals surface area contributed by atoms with Crippen molar-refractivity contribution in [2.75, 3.05) is 0 Å². The summed E-state index contributed by atoms with van der Waals surface area (Å²) in [6, 6.07) is 0. The van der Waals surface area contributed by atoms with Gasteiger partial charge in [-0.3, -0.25) is 0 Å². The number of hydrogen-bond donors (Lipinski definition) is 3. The Morgan fingerprint density at radius 3 is 2.29 bits per heavy atom. The van der Waals surface area contributed by atoms with Gasteiger partial charge in [-0.25, -0.2) is 0 Å². The zero-order chi connectivity index (χ0) is 10.2. The normalized spacial score (nSPS) is 20.7. The van der Waals surface area contributed by atoms with Crippen molar-refractivity contribution < 1.29 is 31.1 Å². The van der Waals surface area contributed by atoms with Crippen LogP contribution in [0.15, 0.2) is 33.7 Å². The molecule has 0 bridgehead atoms. The van der Waals surface area contributed by atoms with Crippen LogP contribution in [-0.4, -0.2) is 0 Å². The largest absolute Gasteiger partial charge is 0.700 e. The zero-order valence-corrected chi connectivity index (χ0v) is 13.3. The fourth-order valence-corrected chi connectivity index (χ4v) is 1.67. The molecule has 76 valence electrons. The Labute approximate surface area is 110 Å². The predicted molar refractivity (Wildman–Crippen MR) is 58.0 cm³/mol. The number of nitrogens with one attached hydrogen (secondary N) is 1. The van der Waals surface area contributed by atoms with Gasteiger partial charge in [-0.2, -0.15) is 0 Å². The van der Waals surface area contributed by atoms with Gasteiger partial charge in [0.25, 0.3) is 0 Å². The summed E-state index contributed by atoms with van der Waals surface area (Å²) in [5, 5.41) is 0.813. The van der Waals surface area contributed by atoms with E-state index >= 15 is 0 Å². The van der Waals surface area contributed by atoms with E-state index in [0.29, 0.717) is 29.2 Å². The zero-order valence-electron chi connectivity index (χ0n) is 8.02. The predicted octanol–water partition coefficient (Wildman–Crippen LogP) is 0.891. The minimum atomic E-state index is 0. The molecule has 0 aliphatic heterocycles. The average molecular weight is 435 g/mol. The third kappa shape index (κ3) is 2.48.